The van der Waals surface area contributed by atoms with Crippen LogP contribution < -0.4 is 5.73 Å². The lowest BCUT2D eigenvalue weighted by Crippen LogP contribution is -2.44. The molecule has 0 aromatic carbocycles. The lowest BCUT2D eigenvalue weighted by atomic mass is 9.96. The molecule has 5 nitrogen and oxygen atoms in total. The number of ether oxygens (including phenoxy) is 1. The van der Waals surface area contributed by atoms with E-state index in [0.29, 0.717) is 17.8 Å². The molecule has 0 bridgehead atoms. The number of piperidine rings is 1. The third-order valence-corrected chi connectivity index (χ3v) is 3.80. The number of aryl methyl sites for hydroxylation is 1. The van der Waals surface area contributed by atoms with Gasteiger partial charge in [0.1, 0.15) is 5.82 Å². The van der Waals surface area contributed by atoms with Crippen molar-refractivity contribution >= 4 is 5.82 Å². The highest BCUT2D eigenvalue weighted by atomic mass is 16.5. The average molecular weight is 252 g/mol. The van der Waals surface area contributed by atoms with Gasteiger partial charge in [-0.1, -0.05) is 6.92 Å². The van der Waals surface area contributed by atoms with E-state index in [4.69, 9.17) is 10.5 Å². The fraction of sp³-hybridized carbons (Fsp3) is 0.769. The van der Waals surface area contributed by atoms with Crippen molar-refractivity contribution in [1.29, 1.82) is 0 Å². The highest BCUT2D eigenvalue weighted by Crippen LogP contribution is 2.19. The molecule has 1 fully saturated rings. The summed E-state index contributed by atoms with van der Waals surface area (Å²) in [5.74, 6) is 1.28. The van der Waals surface area contributed by atoms with Crippen molar-refractivity contribution < 1.29 is 4.74 Å². The summed E-state index contributed by atoms with van der Waals surface area (Å²) in [6, 6.07) is 1.84. The second-order valence-corrected chi connectivity index (χ2v) is 5.20. The number of methoxy groups -OCH3 is 1. The van der Waals surface area contributed by atoms with Gasteiger partial charge in [0.2, 0.25) is 0 Å². The van der Waals surface area contributed by atoms with E-state index >= 15 is 0 Å². The molecule has 2 unspecified atom stereocenters. The van der Waals surface area contributed by atoms with Gasteiger partial charge < -0.3 is 15.4 Å². The lowest BCUT2D eigenvalue weighted by Gasteiger charge is -2.36. The van der Waals surface area contributed by atoms with E-state index < -0.39 is 0 Å². The van der Waals surface area contributed by atoms with Gasteiger partial charge in [0.05, 0.1) is 6.10 Å². The van der Waals surface area contributed by atoms with Gasteiger partial charge in [-0.25, -0.2) is 0 Å². The standard InChI is InChI=1S/C13H24N4O/c1-11-4-8-16(10-12(11)18-2)6-3-7-17-9-5-13(14)15-17/h5,9,11-12H,3-4,6-8,10H2,1-2H3,(H2,14,15). The SMILES string of the molecule is COC1CN(CCCn2ccc(N)n2)CCC1C. The lowest BCUT2D eigenvalue weighted by molar-refractivity contribution is -0.00543. The first kappa shape index (κ1) is 13.4. The van der Waals surface area contributed by atoms with E-state index in [1.165, 1.54) is 13.0 Å². The van der Waals surface area contributed by atoms with Crippen molar-refractivity contribution in [2.45, 2.75) is 32.4 Å². The van der Waals surface area contributed by atoms with E-state index in [1.807, 2.05) is 24.1 Å². The highest BCUT2D eigenvalue weighted by Gasteiger charge is 2.25. The Balaban J connectivity index is 1.70. The first-order chi connectivity index (χ1) is 8.69. The van der Waals surface area contributed by atoms with Crippen molar-refractivity contribution in [2.75, 3.05) is 32.5 Å². The first-order valence-corrected chi connectivity index (χ1v) is 6.73. The Bertz CT molecular complexity index is 366. The van der Waals surface area contributed by atoms with Gasteiger partial charge in [0, 0.05) is 32.9 Å². The molecule has 2 atom stereocenters. The summed E-state index contributed by atoms with van der Waals surface area (Å²) in [5, 5.41) is 4.19. The molecule has 1 aromatic rings. The van der Waals surface area contributed by atoms with Crippen LogP contribution in [0, 0.1) is 5.92 Å². The summed E-state index contributed by atoms with van der Waals surface area (Å²) in [6.45, 7) is 6.55. The van der Waals surface area contributed by atoms with Gasteiger partial charge in [-0.3, -0.25) is 4.68 Å². The quantitative estimate of drug-likeness (QED) is 0.856. The van der Waals surface area contributed by atoms with E-state index in [1.54, 1.807) is 0 Å². The Hall–Kier alpha value is -1.07. The zero-order chi connectivity index (χ0) is 13.0. The van der Waals surface area contributed by atoms with E-state index in [9.17, 15) is 0 Å². The second-order valence-electron chi connectivity index (χ2n) is 5.20. The van der Waals surface area contributed by atoms with Crippen LogP contribution in [0.2, 0.25) is 0 Å². The van der Waals surface area contributed by atoms with Gasteiger partial charge in [-0.2, -0.15) is 5.10 Å². The van der Waals surface area contributed by atoms with Gasteiger partial charge in [-0.05, 0) is 31.4 Å². The number of likely N-dealkylation sites (tertiary alicyclic amines) is 1. The van der Waals surface area contributed by atoms with Crippen LogP contribution in [0.15, 0.2) is 12.3 Å². The van der Waals surface area contributed by atoms with Crippen molar-refractivity contribution in [3.63, 3.8) is 0 Å². The monoisotopic (exact) mass is 252 g/mol. The van der Waals surface area contributed by atoms with Crippen LogP contribution in [0.5, 0.6) is 0 Å². The van der Waals surface area contributed by atoms with Crippen molar-refractivity contribution in [1.82, 2.24) is 14.7 Å². The Morgan fingerprint density at radius 1 is 1.50 bits per heavy atom. The molecule has 1 saturated heterocycles. The van der Waals surface area contributed by atoms with Crippen LogP contribution in [0.25, 0.3) is 0 Å². The maximum atomic E-state index is 5.59. The fourth-order valence-corrected chi connectivity index (χ4v) is 2.57. The molecular formula is C13H24N4O. The number of nitrogen functional groups attached to an aromatic ring is 1. The molecule has 0 spiro atoms. The Morgan fingerprint density at radius 3 is 3.00 bits per heavy atom. The van der Waals surface area contributed by atoms with Crippen molar-refractivity contribution in [3.8, 4) is 0 Å². The van der Waals surface area contributed by atoms with Gasteiger partial charge in [0.25, 0.3) is 0 Å². The van der Waals surface area contributed by atoms with Crippen LogP contribution >= 0.6 is 0 Å². The predicted molar refractivity (Wildman–Crippen MR) is 72.3 cm³/mol. The zero-order valence-corrected chi connectivity index (χ0v) is 11.4. The van der Waals surface area contributed by atoms with Crippen LogP contribution in [0.1, 0.15) is 19.8 Å². The topological polar surface area (TPSA) is 56.3 Å². The van der Waals surface area contributed by atoms with Gasteiger partial charge in [-0.15, -0.1) is 0 Å². The normalized spacial score (nSPS) is 25.4. The molecular weight excluding hydrogens is 228 g/mol. The minimum Gasteiger partial charge on any atom is -0.382 e. The summed E-state index contributed by atoms with van der Waals surface area (Å²) >= 11 is 0. The third kappa shape index (κ3) is 3.46. The largest absolute Gasteiger partial charge is 0.382 e. The Labute approximate surface area is 109 Å². The van der Waals surface area contributed by atoms with Crippen LogP contribution in [0.4, 0.5) is 5.82 Å². The molecule has 1 aromatic heterocycles. The summed E-state index contributed by atoms with van der Waals surface area (Å²) in [5.41, 5.74) is 5.59. The Morgan fingerprint density at radius 2 is 2.33 bits per heavy atom. The minimum absolute atomic E-state index is 0.388. The number of nitrogens with two attached hydrogens (primary N) is 1. The molecule has 0 radical (unpaired) electrons. The van der Waals surface area contributed by atoms with Crippen LogP contribution in [-0.2, 0) is 11.3 Å². The molecule has 0 amide bonds. The fourth-order valence-electron chi connectivity index (χ4n) is 2.57. The molecule has 102 valence electrons. The molecule has 2 heterocycles. The molecule has 5 heteroatoms. The Kier molecular flexibility index (Phi) is 4.60. The molecule has 0 saturated carbocycles. The number of nitrogens with zero attached hydrogens (tertiary/aromatic N) is 3. The summed E-state index contributed by atoms with van der Waals surface area (Å²) in [7, 11) is 1.82. The summed E-state index contributed by atoms with van der Waals surface area (Å²) < 4.78 is 7.44. The summed E-state index contributed by atoms with van der Waals surface area (Å²) in [6.07, 6.45) is 4.66. The average Bonchev–Trinajstić information content (AvgIpc) is 2.77. The number of hydrogen-bond donors (Lipinski definition) is 1. The smallest absolute Gasteiger partial charge is 0.145 e. The minimum atomic E-state index is 0.388. The predicted octanol–water partition coefficient (Wildman–Crippen LogP) is 1.21. The van der Waals surface area contributed by atoms with Crippen LogP contribution in [0.3, 0.4) is 0 Å². The molecule has 0 aliphatic carbocycles. The van der Waals surface area contributed by atoms with Crippen molar-refractivity contribution in [2.24, 2.45) is 5.92 Å². The second kappa shape index (κ2) is 6.20. The van der Waals surface area contributed by atoms with E-state index in [2.05, 4.69) is 16.9 Å². The molecule has 2 N–H and O–H groups in total. The molecule has 1 aliphatic heterocycles. The zero-order valence-electron chi connectivity index (χ0n) is 11.4. The number of hydrogen-bond acceptors (Lipinski definition) is 4. The highest BCUT2D eigenvalue weighted by molar-refractivity contribution is 5.23. The molecule has 1 aliphatic rings. The number of anilines is 1. The number of aromatic nitrogens is 2. The molecule has 2 rings (SSSR count). The van der Waals surface area contributed by atoms with Crippen molar-refractivity contribution in [3.05, 3.63) is 12.3 Å². The van der Waals surface area contributed by atoms with Crippen LogP contribution in [-0.4, -0.2) is 47.5 Å². The maximum Gasteiger partial charge on any atom is 0.145 e. The first-order valence-electron chi connectivity index (χ1n) is 6.73. The maximum absolute atomic E-state index is 5.59. The number of rotatable bonds is 5. The van der Waals surface area contributed by atoms with E-state index in [0.717, 1.165) is 26.1 Å². The summed E-state index contributed by atoms with van der Waals surface area (Å²) in [4.78, 5) is 2.49. The third-order valence-electron chi connectivity index (χ3n) is 3.80. The van der Waals surface area contributed by atoms with Gasteiger partial charge in [0.15, 0.2) is 0 Å². The van der Waals surface area contributed by atoms with E-state index in [-0.39, 0.29) is 0 Å². The molecule has 18 heavy (non-hydrogen) atoms. The van der Waals surface area contributed by atoms with Gasteiger partial charge >= 0.3 is 0 Å².